The minimum absolute atomic E-state index is 0.924. The lowest BCUT2D eigenvalue weighted by atomic mass is 10.0. The summed E-state index contributed by atoms with van der Waals surface area (Å²) < 4.78 is 1.74. The molecule has 0 unspecified atom stereocenters. The van der Waals surface area contributed by atoms with Crippen LogP contribution in [0.3, 0.4) is 0 Å². The molecule has 0 aliphatic heterocycles. The molecule has 112 valence electrons. The van der Waals surface area contributed by atoms with Crippen LogP contribution in [0.5, 0.6) is 0 Å². The van der Waals surface area contributed by atoms with Gasteiger partial charge in [-0.15, -0.1) is 0 Å². The van der Waals surface area contributed by atoms with Crippen molar-refractivity contribution in [3.8, 4) is 0 Å². The Kier molecular flexibility index (Phi) is 3.39. The third-order valence-electron chi connectivity index (χ3n) is 4.43. The Bertz CT molecular complexity index is 1250. The molecule has 0 saturated carbocycles. The minimum atomic E-state index is 0.924. The second kappa shape index (κ2) is 5.57. The zero-order chi connectivity index (χ0) is 16.7. The Morgan fingerprint density at radius 3 is 2.21 bits per heavy atom. The Morgan fingerprint density at radius 1 is 0.667 bits per heavy atom. The molecule has 4 aromatic rings. The molecule has 2 radical (unpaired) electrons. The van der Waals surface area contributed by atoms with E-state index in [2.05, 4.69) is 49.6 Å². The van der Waals surface area contributed by atoms with Crippen molar-refractivity contribution < 1.29 is 0 Å². The Balaban J connectivity index is 2.41. The molecule has 3 aromatic carbocycles. The van der Waals surface area contributed by atoms with Gasteiger partial charge in [0.2, 0.25) is 7.98 Å². The highest BCUT2D eigenvalue weighted by Crippen LogP contribution is 2.31. The quantitative estimate of drug-likeness (QED) is 0.435. The summed E-state index contributed by atoms with van der Waals surface area (Å²) in [7, 11) is 6.42. The van der Waals surface area contributed by atoms with E-state index in [0.717, 1.165) is 32.2 Å². The topological polar surface area (TPSA) is 4.93 Å². The monoisotopic (exact) mass is 305 g/mol. The SMILES string of the molecule is [B]n1c2ccc(=C)ccccc(=C)c2c2c3ccccc3ccc21. The third kappa shape index (κ3) is 2.19. The van der Waals surface area contributed by atoms with E-state index in [1.807, 2.05) is 36.4 Å². The van der Waals surface area contributed by atoms with Crippen molar-refractivity contribution in [1.29, 1.82) is 0 Å². The predicted octanol–water partition coefficient (Wildman–Crippen LogP) is 3.82. The number of rotatable bonds is 0. The molecule has 0 spiro atoms. The molecule has 4 rings (SSSR count). The minimum Gasteiger partial charge on any atom is -0.397 e. The van der Waals surface area contributed by atoms with Crippen LogP contribution in [0.25, 0.3) is 45.7 Å². The third-order valence-corrected chi connectivity index (χ3v) is 4.43. The normalized spacial score (nSPS) is 11.0. The van der Waals surface area contributed by atoms with Crippen LogP contribution < -0.4 is 10.4 Å². The predicted molar refractivity (Wildman–Crippen MR) is 106 cm³/mol. The van der Waals surface area contributed by atoms with Gasteiger partial charge in [0.15, 0.2) is 0 Å². The van der Waals surface area contributed by atoms with Crippen LogP contribution in [-0.2, 0) is 0 Å². The highest BCUT2D eigenvalue weighted by atomic mass is 14.9. The molecule has 0 saturated heterocycles. The van der Waals surface area contributed by atoms with Crippen molar-refractivity contribution >= 4 is 53.7 Å². The van der Waals surface area contributed by atoms with Gasteiger partial charge in [-0.2, -0.15) is 0 Å². The molecule has 0 fully saturated rings. The maximum atomic E-state index is 6.42. The van der Waals surface area contributed by atoms with Gasteiger partial charge in [-0.25, -0.2) is 0 Å². The highest BCUT2D eigenvalue weighted by Gasteiger charge is 2.09. The smallest absolute Gasteiger partial charge is 0.234 e. The summed E-state index contributed by atoms with van der Waals surface area (Å²) in [5, 5.41) is 6.45. The van der Waals surface area contributed by atoms with Crippen molar-refractivity contribution in [1.82, 2.24) is 4.48 Å². The first kappa shape index (κ1) is 14.6. The van der Waals surface area contributed by atoms with Gasteiger partial charge in [-0.05, 0) is 33.3 Å². The number of benzene rings is 2. The van der Waals surface area contributed by atoms with Crippen LogP contribution in [0.1, 0.15) is 0 Å². The highest BCUT2D eigenvalue weighted by molar-refractivity contribution is 6.27. The van der Waals surface area contributed by atoms with Crippen molar-refractivity contribution in [2.75, 3.05) is 0 Å². The first-order valence-corrected chi connectivity index (χ1v) is 7.89. The molecule has 1 heterocycles. The molecule has 0 amide bonds. The number of aromatic nitrogens is 1. The fraction of sp³-hybridized carbons (Fsp3) is 0. The average Bonchev–Trinajstić information content (AvgIpc) is 2.89. The summed E-state index contributed by atoms with van der Waals surface area (Å²) in [6.07, 6.45) is 0. The van der Waals surface area contributed by atoms with Crippen LogP contribution in [-0.4, -0.2) is 12.5 Å². The largest absolute Gasteiger partial charge is 0.397 e. The lowest BCUT2D eigenvalue weighted by Crippen LogP contribution is -1.97. The lowest BCUT2D eigenvalue weighted by molar-refractivity contribution is 1.39. The average molecular weight is 305 g/mol. The number of fused-ring (bicyclic) bond motifs is 5. The van der Waals surface area contributed by atoms with Gasteiger partial charge in [0.25, 0.3) is 0 Å². The van der Waals surface area contributed by atoms with E-state index in [1.165, 1.54) is 10.8 Å². The fourth-order valence-electron chi connectivity index (χ4n) is 3.27. The van der Waals surface area contributed by atoms with Gasteiger partial charge in [0.05, 0.1) is 0 Å². The van der Waals surface area contributed by atoms with E-state index in [-0.39, 0.29) is 0 Å². The standard InChI is InChI=1S/C22H16BN/c1-15-7-3-4-8-16(2)21-19(13-11-15)24(23)20-14-12-17-9-5-6-10-18(17)22(20)21/h3-14H,1-2H2. The van der Waals surface area contributed by atoms with Crippen LogP contribution >= 0.6 is 0 Å². The molecule has 0 aliphatic carbocycles. The van der Waals surface area contributed by atoms with E-state index in [1.54, 1.807) is 4.48 Å². The summed E-state index contributed by atoms with van der Waals surface area (Å²) >= 11 is 0. The molecule has 0 aliphatic rings. The van der Waals surface area contributed by atoms with Gasteiger partial charge in [-0.1, -0.05) is 73.8 Å². The number of hydrogen-bond donors (Lipinski definition) is 0. The summed E-state index contributed by atoms with van der Waals surface area (Å²) in [5.74, 6) is 0. The van der Waals surface area contributed by atoms with Gasteiger partial charge < -0.3 is 4.48 Å². The van der Waals surface area contributed by atoms with Crippen LogP contribution in [0.15, 0.2) is 72.8 Å². The summed E-state index contributed by atoms with van der Waals surface area (Å²) in [6, 6.07) is 24.5. The zero-order valence-corrected chi connectivity index (χ0v) is 13.4. The molecule has 0 bridgehead atoms. The summed E-state index contributed by atoms with van der Waals surface area (Å²) in [5.41, 5.74) is 1.93. The molecule has 0 N–H and O–H groups in total. The molecule has 0 atom stereocenters. The van der Waals surface area contributed by atoms with Crippen LogP contribution in [0, 0.1) is 0 Å². The molecule has 24 heavy (non-hydrogen) atoms. The zero-order valence-electron chi connectivity index (χ0n) is 13.4. The Hall–Kier alpha value is -3.00. The first-order valence-electron chi connectivity index (χ1n) is 7.89. The molecule has 2 heteroatoms. The van der Waals surface area contributed by atoms with Crippen molar-refractivity contribution in [2.24, 2.45) is 0 Å². The van der Waals surface area contributed by atoms with E-state index >= 15 is 0 Å². The molecule has 1 nitrogen and oxygen atoms in total. The second-order valence-corrected chi connectivity index (χ2v) is 5.96. The Morgan fingerprint density at radius 2 is 1.33 bits per heavy atom. The Labute approximate surface area is 141 Å². The second-order valence-electron chi connectivity index (χ2n) is 5.96. The maximum absolute atomic E-state index is 6.42. The van der Waals surface area contributed by atoms with Crippen molar-refractivity contribution in [3.05, 3.63) is 83.2 Å². The lowest BCUT2D eigenvalue weighted by Gasteiger charge is -2.01. The van der Waals surface area contributed by atoms with Gasteiger partial charge in [0, 0.05) is 21.8 Å². The molecular formula is C22H16BN. The van der Waals surface area contributed by atoms with E-state index in [9.17, 15) is 0 Å². The van der Waals surface area contributed by atoms with Gasteiger partial charge in [0.1, 0.15) is 0 Å². The van der Waals surface area contributed by atoms with Crippen LogP contribution in [0.2, 0.25) is 0 Å². The van der Waals surface area contributed by atoms with E-state index in [4.69, 9.17) is 7.98 Å². The van der Waals surface area contributed by atoms with Crippen molar-refractivity contribution in [2.45, 2.75) is 0 Å². The van der Waals surface area contributed by atoms with Crippen molar-refractivity contribution in [3.63, 3.8) is 0 Å². The maximum Gasteiger partial charge on any atom is 0.234 e. The van der Waals surface area contributed by atoms with E-state index < -0.39 is 0 Å². The number of nitrogens with zero attached hydrogens (tertiary/aromatic N) is 1. The number of hydrogen-bond acceptors (Lipinski definition) is 0. The van der Waals surface area contributed by atoms with Gasteiger partial charge >= 0.3 is 0 Å². The first-order chi connectivity index (χ1) is 11.7. The van der Waals surface area contributed by atoms with Gasteiger partial charge in [-0.3, -0.25) is 0 Å². The molecular weight excluding hydrogens is 289 g/mol. The summed E-state index contributed by atoms with van der Waals surface area (Å²) in [6.45, 7) is 8.31. The fourth-order valence-corrected chi connectivity index (χ4v) is 3.27. The van der Waals surface area contributed by atoms with Crippen LogP contribution in [0.4, 0.5) is 0 Å². The molecule has 1 aromatic heterocycles. The summed E-state index contributed by atoms with van der Waals surface area (Å²) in [4.78, 5) is 0. The van der Waals surface area contributed by atoms with E-state index in [0.29, 0.717) is 0 Å².